The Morgan fingerprint density at radius 1 is 1.24 bits per heavy atom. The Hall–Kier alpha value is -3.26. The average molecular weight is 408 g/mol. The number of thiazole rings is 1. The number of rotatable bonds is 3. The van der Waals surface area contributed by atoms with Gasteiger partial charge in [0.15, 0.2) is 4.80 Å². The second kappa shape index (κ2) is 7.29. The number of aromatic nitrogens is 3. The SMILES string of the molecule is COC(=O)C1=C(C)N=c2s/c(=C\c3cn(C)nc3C)c(=O)n2[C@@H]1c1ccccc1. The van der Waals surface area contributed by atoms with Gasteiger partial charge in [0.1, 0.15) is 0 Å². The maximum Gasteiger partial charge on any atom is 0.338 e. The number of esters is 1. The summed E-state index contributed by atoms with van der Waals surface area (Å²) in [6, 6.07) is 8.87. The molecular weight excluding hydrogens is 388 g/mol. The van der Waals surface area contributed by atoms with E-state index in [1.54, 1.807) is 16.2 Å². The maximum absolute atomic E-state index is 13.4. The number of hydrogen-bond acceptors (Lipinski definition) is 6. The number of carbonyl (C=O) groups is 1. The minimum atomic E-state index is -0.586. The van der Waals surface area contributed by atoms with Crippen LogP contribution in [0.15, 0.2) is 57.6 Å². The van der Waals surface area contributed by atoms with E-state index < -0.39 is 12.0 Å². The second-order valence-electron chi connectivity index (χ2n) is 6.83. The predicted molar refractivity (Wildman–Crippen MR) is 110 cm³/mol. The maximum atomic E-state index is 13.4. The molecule has 0 aliphatic carbocycles. The monoisotopic (exact) mass is 408 g/mol. The average Bonchev–Trinajstić information content (AvgIpc) is 3.19. The molecule has 3 aromatic rings. The highest BCUT2D eigenvalue weighted by atomic mass is 32.1. The van der Waals surface area contributed by atoms with Crippen molar-refractivity contribution in [3.05, 3.63) is 84.3 Å². The van der Waals surface area contributed by atoms with Crippen LogP contribution in [0.25, 0.3) is 6.08 Å². The van der Waals surface area contributed by atoms with E-state index in [-0.39, 0.29) is 5.56 Å². The van der Waals surface area contributed by atoms with Crippen molar-refractivity contribution in [2.24, 2.45) is 12.0 Å². The molecular formula is C21H20N4O3S. The quantitative estimate of drug-likeness (QED) is 0.615. The second-order valence-corrected chi connectivity index (χ2v) is 7.84. The van der Waals surface area contributed by atoms with Crippen LogP contribution in [-0.4, -0.2) is 27.4 Å². The van der Waals surface area contributed by atoms with Crippen LogP contribution in [0.2, 0.25) is 0 Å². The van der Waals surface area contributed by atoms with Crippen LogP contribution in [-0.2, 0) is 16.6 Å². The number of ether oxygens (including phenoxy) is 1. The minimum absolute atomic E-state index is 0.195. The van der Waals surface area contributed by atoms with E-state index in [0.29, 0.717) is 20.6 Å². The van der Waals surface area contributed by atoms with E-state index >= 15 is 0 Å². The molecule has 4 rings (SSSR count). The number of carbonyl (C=O) groups excluding carboxylic acids is 1. The topological polar surface area (TPSA) is 78.5 Å². The van der Waals surface area contributed by atoms with Gasteiger partial charge in [-0.3, -0.25) is 14.0 Å². The summed E-state index contributed by atoms with van der Waals surface area (Å²) in [7, 11) is 3.17. The fraction of sp³-hybridized carbons (Fsp3) is 0.238. The lowest BCUT2D eigenvalue weighted by Crippen LogP contribution is -2.39. The molecule has 2 aromatic heterocycles. The molecule has 0 saturated carbocycles. The van der Waals surface area contributed by atoms with Crippen molar-refractivity contribution < 1.29 is 9.53 Å². The van der Waals surface area contributed by atoms with E-state index in [1.165, 1.54) is 18.4 Å². The van der Waals surface area contributed by atoms with Crippen LogP contribution in [0.1, 0.15) is 29.8 Å². The molecule has 0 radical (unpaired) electrons. The minimum Gasteiger partial charge on any atom is -0.466 e. The van der Waals surface area contributed by atoms with Gasteiger partial charge in [-0.15, -0.1) is 0 Å². The number of methoxy groups -OCH3 is 1. The molecule has 3 heterocycles. The first-order valence-corrected chi connectivity index (χ1v) is 9.88. The highest BCUT2D eigenvalue weighted by Crippen LogP contribution is 2.30. The first-order chi connectivity index (χ1) is 13.9. The Morgan fingerprint density at radius 2 is 1.97 bits per heavy atom. The molecule has 148 valence electrons. The first-order valence-electron chi connectivity index (χ1n) is 9.06. The van der Waals surface area contributed by atoms with Gasteiger partial charge in [0.05, 0.1) is 34.6 Å². The van der Waals surface area contributed by atoms with Gasteiger partial charge in [-0.1, -0.05) is 41.7 Å². The van der Waals surface area contributed by atoms with Crippen LogP contribution in [0.4, 0.5) is 0 Å². The third kappa shape index (κ3) is 3.25. The van der Waals surface area contributed by atoms with Gasteiger partial charge in [0.25, 0.3) is 5.56 Å². The Labute approximate surface area is 170 Å². The Bertz CT molecular complexity index is 1310. The first kappa shape index (κ1) is 19.1. The van der Waals surface area contributed by atoms with Crippen molar-refractivity contribution >= 4 is 23.4 Å². The van der Waals surface area contributed by atoms with Crippen LogP contribution in [0, 0.1) is 6.92 Å². The predicted octanol–water partition coefficient (Wildman–Crippen LogP) is 1.45. The Kier molecular flexibility index (Phi) is 4.79. The van der Waals surface area contributed by atoms with E-state index in [1.807, 2.05) is 56.6 Å². The van der Waals surface area contributed by atoms with E-state index in [4.69, 9.17) is 4.74 Å². The van der Waals surface area contributed by atoms with Crippen molar-refractivity contribution in [2.75, 3.05) is 7.11 Å². The van der Waals surface area contributed by atoms with Gasteiger partial charge in [0.2, 0.25) is 0 Å². The van der Waals surface area contributed by atoms with Gasteiger partial charge < -0.3 is 4.74 Å². The molecule has 0 saturated heterocycles. The van der Waals surface area contributed by atoms with Crippen LogP contribution < -0.4 is 14.9 Å². The summed E-state index contributed by atoms with van der Waals surface area (Å²) in [6.07, 6.45) is 3.69. The van der Waals surface area contributed by atoms with E-state index in [0.717, 1.165) is 16.8 Å². The van der Waals surface area contributed by atoms with Crippen molar-refractivity contribution in [3.63, 3.8) is 0 Å². The van der Waals surface area contributed by atoms with Crippen molar-refractivity contribution in [3.8, 4) is 0 Å². The Morgan fingerprint density at radius 3 is 2.59 bits per heavy atom. The van der Waals surface area contributed by atoms with Crippen molar-refractivity contribution in [1.82, 2.24) is 14.3 Å². The molecule has 8 heteroatoms. The Balaban J connectivity index is 2.00. The summed E-state index contributed by atoms with van der Waals surface area (Å²) in [6.45, 7) is 3.67. The lowest BCUT2D eigenvalue weighted by atomic mass is 9.96. The highest BCUT2D eigenvalue weighted by Gasteiger charge is 2.32. The van der Waals surface area contributed by atoms with Gasteiger partial charge in [-0.05, 0) is 25.5 Å². The van der Waals surface area contributed by atoms with Crippen molar-refractivity contribution in [2.45, 2.75) is 19.9 Å². The fourth-order valence-electron chi connectivity index (χ4n) is 3.54. The third-order valence-electron chi connectivity index (χ3n) is 4.88. The number of fused-ring (bicyclic) bond motifs is 1. The zero-order valence-corrected chi connectivity index (χ0v) is 17.4. The molecule has 29 heavy (non-hydrogen) atoms. The molecule has 0 unspecified atom stereocenters. The lowest BCUT2D eigenvalue weighted by molar-refractivity contribution is -0.136. The van der Waals surface area contributed by atoms with E-state index in [2.05, 4.69) is 10.1 Å². The van der Waals surface area contributed by atoms with Gasteiger partial charge in [0, 0.05) is 18.8 Å². The van der Waals surface area contributed by atoms with Gasteiger partial charge >= 0.3 is 5.97 Å². The summed E-state index contributed by atoms with van der Waals surface area (Å²) in [5, 5.41) is 4.33. The van der Waals surface area contributed by atoms with Gasteiger partial charge in [-0.2, -0.15) is 5.10 Å². The lowest BCUT2D eigenvalue weighted by Gasteiger charge is -2.24. The zero-order chi connectivity index (χ0) is 20.7. The van der Waals surface area contributed by atoms with E-state index in [9.17, 15) is 9.59 Å². The smallest absolute Gasteiger partial charge is 0.338 e. The molecule has 0 spiro atoms. The molecule has 0 fully saturated rings. The van der Waals surface area contributed by atoms with Crippen LogP contribution in [0.5, 0.6) is 0 Å². The highest BCUT2D eigenvalue weighted by molar-refractivity contribution is 7.07. The molecule has 7 nitrogen and oxygen atoms in total. The summed E-state index contributed by atoms with van der Waals surface area (Å²) < 4.78 is 8.83. The normalized spacial score (nSPS) is 16.6. The standard InChI is InChI=1S/C21H20N4O3S/c1-12-15(11-24(3)23-12)10-16-19(26)25-18(14-8-6-5-7-9-14)17(20(27)28-4)13(2)22-21(25)29-16/h5-11,18H,1-4H3/b16-10-/t18-/m1/s1. The third-order valence-corrected chi connectivity index (χ3v) is 5.86. The summed E-state index contributed by atoms with van der Waals surface area (Å²) >= 11 is 1.30. The fourth-order valence-corrected chi connectivity index (χ4v) is 4.58. The molecule has 0 bridgehead atoms. The number of nitrogens with zero attached hydrogens (tertiary/aromatic N) is 4. The number of benzene rings is 1. The number of hydrogen-bond donors (Lipinski definition) is 0. The molecule has 1 aromatic carbocycles. The largest absolute Gasteiger partial charge is 0.466 e. The molecule has 0 N–H and O–H groups in total. The number of aryl methyl sites for hydroxylation is 2. The molecule has 1 atom stereocenters. The van der Waals surface area contributed by atoms with Crippen LogP contribution in [0.3, 0.4) is 0 Å². The summed E-state index contributed by atoms with van der Waals surface area (Å²) in [4.78, 5) is 31.0. The van der Waals surface area contributed by atoms with Gasteiger partial charge in [-0.25, -0.2) is 9.79 Å². The molecule has 1 aliphatic rings. The number of allylic oxidation sites excluding steroid dienone is 1. The van der Waals surface area contributed by atoms with Crippen molar-refractivity contribution in [1.29, 1.82) is 0 Å². The molecule has 0 amide bonds. The zero-order valence-electron chi connectivity index (χ0n) is 16.5. The molecule has 1 aliphatic heterocycles. The summed E-state index contributed by atoms with van der Waals surface area (Å²) in [5.41, 5.74) is 3.26. The van der Waals surface area contributed by atoms with Crippen LogP contribution >= 0.6 is 11.3 Å². The summed E-state index contributed by atoms with van der Waals surface area (Å²) in [5.74, 6) is -0.488.